The molecule has 0 spiro atoms. The van der Waals surface area contributed by atoms with Crippen molar-refractivity contribution in [1.29, 1.82) is 0 Å². The van der Waals surface area contributed by atoms with Crippen LogP contribution < -0.4 is 5.32 Å². The fourth-order valence-electron chi connectivity index (χ4n) is 6.12. The molecule has 1 aromatic heterocycles. The van der Waals surface area contributed by atoms with Crippen LogP contribution in [0, 0.1) is 5.92 Å². The Labute approximate surface area is 227 Å². The second-order valence-electron chi connectivity index (χ2n) is 12.5. The van der Waals surface area contributed by atoms with Crippen molar-refractivity contribution in [2.75, 3.05) is 13.6 Å². The van der Waals surface area contributed by atoms with E-state index in [0.29, 0.717) is 42.4 Å². The van der Waals surface area contributed by atoms with Crippen LogP contribution in [0.15, 0.2) is 18.2 Å². The van der Waals surface area contributed by atoms with Gasteiger partial charge in [0.1, 0.15) is 6.04 Å². The lowest BCUT2D eigenvalue weighted by atomic mass is 9.77. The molecule has 1 saturated heterocycles. The SMILES string of the molecule is CCC[C@@H]1C[C@H](N(C)C(C)C)CC[C@@H]1N1CC[C@H](NC(=O)c2cc(-c3nn[nH]n3)cc(C(C)(C)C)c2)C1=O. The van der Waals surface area contributed by atoms with Crippen molar-refractivity contribution in [2.24, 2.45) is 5.92 Å². The first-order valence-electron chi connectivity index (χ1n) is 14.2. The molecule has 2 aliphatic rings. The molecule has 2 N–H and O–H groups in total. The van der Waals surface area contributed by atoms with Gasteiger partial charge in [-0.25, -0.2) is 0 Å². The van der Waals surface area contributed by atoms with Gasteiger partial charge in [0.05, 0.1) is 0 Å². The maximum Gasteiger partial charge on any atom is 0.251 e. The molecule has 1 aliphatic carbocycles. The molecular formula is C29H45N7O2. The van der Waals surface area contributed by atoms with Gasteiger partial charge in [-0.15, -0.1) is 10.2 Å². The van der Waals surface area contributed by atoms with Crippen LogP contribution in [0.2, 0.25) is 0 Å². The molecule has 2 heterocycles. The van der Waals surface area contributed by atoms with Gasteiger partial charge in [-0.2, -0.15) is 5.21 Å². The van der Waals surface area contributed by atoms with E-state index in [1.54, 1.807) is 6.07 Å². The summed E-state index contributed by atoms with van der Waals surface area (Å²) in [5.74, 6) is 0.757. The standard InChI is InChI=1S/C29H45N7O2/c1-8-9-19-17-23(35(7)18(2)3)10-11-25(19)36-13-12-24(28(36)38)30-27(37)21-14-20(26-31-33-34-32-26)15-22(16-21)29(4,5)6/h14-16,18-19,23-25H,8-13,17H2,1-7H3,(H,30,37)(H,31,32,33,34)/t19-,23-,24+,25+/m1/s1. The van der Waals surface area contributed by atoms with E-state index in [-0.39, 0.29) is 23.3 Å². The zero-order chi connectivity index (χ0) is 27.6. The molecule has 9 nitrogen and oxygen atoms in total. The monoisotopic (exact) mass is 523 g/mol. The van der Waals surface area contributed by atoms with E-state index in [9.17, 15) is 9.59 Å². The molecule has 4 rings (SSSR count). The molecule has 1 aromatic carbocycles. The number of benzene rings is 1. The van der Waals surface area contributed by atoms with E-state index in [1.807, 2.05) is 12.1 Å². The van der Waals surface area contributed by atoms with Gasteiger partial charge in [-0.1, -0.05) is 34.1 Å². The number of likely N-dealkylation sites (tertiary alicyclic amines) is 1. The molecule has 2 fully saturated rings. The van der Waals surface area contributed by atoms with Crippen LogP contribution in [-0.4, -0.2) is 80.0 Å². The third-order valence-electron chi connectivity index (χ3n) is 8.57. The number of aromatic amines is 1. The van der Waals surface area contributed by atoms with Gasteiger partial charge in [0.15, 0.2) is 0 Å². The van der Waals surface area contributed by atoms with Crippen molar-refractivity contribution in [3.63, 3.8) is 0 Å². The predicted molar refractivity (Wildman–Crippen MR) is 149 cm³/mol. The van der Waals surface area contributed by atoms with Crippen LogP contribution >= 0.6 is 0 Å². The van der Waals surface area contributed by atoms with Gasteiger partial charge in [0.25, 0.3) is 5.91 Å². The van der Waals surface area contributed by atoms with Crippen LogP contribution in [0.1, 0.15) is 96.0 Å². The van der Waals surface area contributed by atoms with Crippen molar-refractivity contribution < 1.29 is 9.59 Å². The summed E-state index contributed by atoms with van der Waals surface area (Å²) in [5, 5.41) is 17.4. The van der Waals surface area contributed by atoms with E-state index in [2.05, 4.69) is 84.3 Å². The molecule has 4 atom stereocenters. The minimum Gasteiger partial charge on any atom is -0.340 e. The van der Waals surface area contributed by atoms with Crippen molar-refractivity contribution in [1.82, 2.24) is 35.7 Å². The highest BCUT2D eigenvalue weighted by atomic mass is 16.2. The van der Waals surface area contributed by atoms with Gasteiger partial charge in [0, 0.05) is 35.8 Å². The maximum atomic E-state index is 13.6. The Hall–Kier alpha value is -2.81. The summed E-state index contributed by atoms with van der Waals surface area (Å²) in [6, 6.07) is 6.52. The summed E-state index contributed by atoms with van der Waals surface area (Å²) in [5.41, 5.74) is 2.05. The average Bonchev–Trinajstić information content (AvgIpc) is 3.54. The van der Waals surface area contributed by atoms with Gasteiger partial charge in [-0.05, 0) is 93.3 Å². The van der Waals surface area contributed by atoms with E-state index in [0.717, 1.165) is 43.2 Å². The summed E-state index contributed by atoms with van der Waals surface area (Å²) >= 11 is 0. The number of nitrogens with zero attached hydrogens (tertiary/aromatic N) is 5. The summed E-state index contributed by atoms with van der Waals surface area (Å²) in [7, 11) is 2.23. The molecule has 2 amide bonds. The highest BCUT2D eigenvalue weighted by Crippen LogP contribution is 2.36. The molecular weight excluding hydrogens is 478 g/mol. The number of H-pyrrole nitrogens is 1. The van der Waals surface area contributed by atoms with Gasteiger partial charge >= 0.3 is 0 Å². The number of amides is 2. The number of aromatic nitrogens is 4. The van der Waals surface area contributed by atoms with Gasteiger partial charge in [-0.3, -0.25) is 9.59 Å². The first-order valence-corrected chi connectivity index (χ1v) is 14.2. The number of rotatable bonds is 8. The predicted octanol–water partition coefficient (Wildman–Crippen LogP) is 4.17. The van der Waals surface area contributed by atoms with Crippen LogP contribution in [0.3, 0.4) is 0 Å². The molecule has 0 unspecified atom stereocenters. The fraction of sp³-hybridized carbons (Fsp3) is 0.690. The van der Waals surface area contributed by atoms with Crippen LogP contribution in [0.5, 0.6) is 0 Å². The second kappa shape index (κ2) is 11.5. The Bertz CT molecular complexity index is 1110. The zero-order valence-electron chi connectivity index (χ0n) is 24.1. The smallest absolute Gasteiger partial charge is 0.251 e. The number of tetrazole rings is 1. The minimum atomic E-state index is -0.493. The Balaban J connectivity index is 1.48. The van der Waals surface area contributed by atoms with Crippen molar-refractivity contribution >= 4 is 11.8 Å². The first kappa shape index (κ1) is 28.2. The third kappa shape index (κ3) is 6.08. The van der Waals surface area contributed by atoms with E-state index < -0.39 is 6.04 Å². The summed E-state index contributed by atoms with van der Waals surface area (Å²) < 4.78 is 0. The van der Waals surface area contributed by atoms with Crippen molar-refractivity contribution in [2.45, 2.75) is 110 Å². The molecule has 38 heavy (non-hydrogen) atoms. The Morgan fingerprint density at radius 3 is 2.61 bits per heavy atom. The normalized spacial score (nSPS) is 24.4. The largest absolute Gasteiger partial charge is 0.340 e. The van der Waals surface area contributed by atoms with Crippen LogP contribution in [-0.2, 0) is 10.2 Å². The van der Waals surface area contributed by atoms with Crippen LogP contribution in [0.25, 0.3) is 11.4 Å². The first-order chi connectivity index (χ1) is 18.0. The van der Waals surface area contributed by atoms with E-state index in [4.69, 9.17) is 0 Å². The Kier molecular flexibility index (Phi) is 8.55. The minimum absolute atomic E-state index is 0.0606. The molecule has 9 heteroatoms. The average molecular weight is 524 g/mol. The van der Waals surface area contributed by atoms with Crippen molar-refractivity contribution in [3.8, 4) is 11.4 Å². The molecule has 2 aromatic rings. The van der Waals surface area contributed by atoms with E-state index >= 15 is 0 Å². The second-order valence-corrected chi connectivity index (χ2v) is 12.5. The lowest BCUT2D eigenvalue weighted by Crippen LogP contribution is -2.51. The quantitative estimate of drug-likeness (QED) is 0.538. The molecule has 0 bridgehead atoms. The highest BCUT2D eigenvalue weighted by Gasteiger charge is 2.42. The number of nitrogens with one attached hydrogen (secondary N) is 2. The Morgan fingerprint density at radius 2 is 1.97 bits per heavy atom. The highest BCUT2D eigenvalue weighted by molar-refractivity contribution is 5.99. The molecule has 1 aliphatic heterocycles. The zero-order valence-corrected chi connectivity index (χ0v) is 24.1. The molecule has 208 valence electrons. The summed E-state index contributed by atoms with van der Waals surface area (Å²) in [6.45, 7) is 13.7. The van der Waals surface area contributed by atoms with Crippen molar-refractivity contribution in [3.05, 3.63) is 29.3 Å². The summed E-state index contributed by atoms with van der Waals surface area (Å²) in [4.78, 5) is 31.6. The molecule has 0 radical (unpaired) electrons. The third-order valence-corrected chi connectivity index (χ3v) is 8.57. The topological polar surface area (TPSA) is 107 Å². The van der Waals surface area contributed by atoms with Gasteiger partial charge < -0.3 is 15.1 Å². The van der Waals surface area contributed by atoms with Crippen LogP contribution in [0.4, 0.5) is 0 Å². The number of hydrogen-bond acceptors (Lipinski definition) is 6. The number of carbonyl (C=O) groups excluding carboxylic acids is 2. The molecule has 1 saturated carbocycles. The number of carbonyl (C=O) groups is 2. The number of hydrogen-bond donors (Lipinski definition) is 2. The Morgan fingerprint density at radius 1 is 1.21 bits per heavy atom. The van der Waals surface area contributed by atoms with Gasteiger partial charge in [0.2, 0.25) is 11.7 Å². The maximum absolute atomic E-state index is 13.6. The summed E-state index contributed by atoms with van der Waals surface area (Å²) in [6.07, 6.45) is 6.17. The lowest BCUT2D eigenvalue weighted by Gasteiger charge is -2.44. The fourth-order valence-corrected chi connectivity index (χ4v) is 6.12. The lowest BCUT2D eigenvalue weighted by molar-refractivity contribution is -0.133. The van der Waals surface area contributed by atoms with E-state index in [1.165, 1.54) is 0 Å².